The molecule has 1 saturated heterocycles. The van der Waals surface area contributed by atoms with Gasteiger partial charge in [0, 0.05) is 5.56 Å². The molecule has 3 rings (SSSR count). The first-order chi connectivity index (χ1) is 15.9. The van der Waals surface area contributed by atoms with Crippen LogP contribution in [-0.4, -0.2) is 30.6 Å². The van der Waals surface area contributed by atoms with E-state index in [0.717, 1.165) is 17.5 Å². The minimum absolute atomic E-state index is 0.0364. The first kappa shape index (κ1) is 23.8. The van der Waals surface area contributed by atoms with Crippen molar-refractivity contribution >= 4 is 40.9 Å². The van der Waals surface area contributed by atoms with E-state index in [1.54, 1.807) is 30.3 Å². The van der Waals surface area contributed by atoms with Crippen LogP contribution in [0.4, 0.5) is 5.69 Å². The lowest BCUT2D eigenvalue weighted by Crippen LogP contribution is -2.54. The molecule has 1 aliphatic rings. The Kier molecular flexibility index (Phi) is 7.65. The second-order valence-electron chi connectivity index (χ2n) is 7.17. The molecular formula is C26H24N2O4S. The van der Waals surface area contributed by atoms with Crippen molar-refractivity contribution in [2.75, 3.05) is 18.6 Å². The zero-order chi connectivity index (χ0) is 24.0. The van der Waals surface area contributed by atoms with Gasteiger partial charge in [-0.15, -0.1) is 13.0 Å². The first-order valence-corrected chi connectivity index (χ1v) is 10.7. The molecule has 33 heavy (non-hydrogen) atoms. The number of allylic oxidation sites excluding steroid dienone is 1. The third-order valence-electron chi connectivity index (χ3n) is 5.05. The maximum atomic E-state index is 13.3. The average Bonchev–Trinajstić information content (AvgIpc) is 2.81. The van der Waals surface area contributed by atoms with E-state index in [1.807, 2.05) is 19.1 Å². The average molecular weight is 461 g/mol. The molecule has 2 aromatic rings. The zero-order valence-corrected chi connectivity index (χ0v) is 19.3. The number of terminal acetylenes is 1. The Morgan fingerprint density at radius 3 is 2.58 bits per heavy atom. The molecule has 0 bridgehead atoms. The number of ether oxygens (including phenoxy) is 2. The Labute approximate surface area is 198 Å². The molecule has 0 saturated carbocycles. The maximum Gasteiger partial charge on any atom is 0.270 e. The number of methoxy groups -OCH3 is 1. The van der Waals surface area contributed by atoms with Crippen molar-refractivity contribution in [1.29, 1.82) is 0 Å². The fourth-order valence-corrected chi connectivity index (χ4v) is 3.72. The van der Waals surface area contributed by atoms with Crippen molar-refractivity contribution < 1.29 is 19.1 Å². The smallest absolute Gasteiger partial charge is 0.270 e. The molecule has 2 amide bonds. The second-order valence-corrected chi connectivity index (χ2v) is 7.56. The molecule has 2 aromatic carbocycles. The second kappa shape index (κ2) is 10.6. The Morgan fingerprint density at radius 2 is 1.97 bits per heavy atom. The molecule has 6 nitrogen and oxygen atoms in total. The van der Waals surface area contributed by atoms with E-state index in [2.05, 4.69) is 17.8 Å². The SMILES string of the molecule is C#CCOc1c(CC=C)cc(C=C2C(=O)NC(=S)N(c3ccc(CC)cc3)C2=O)cc1OC. The van der Waals surface area contributed by atoms with Crippen LogP contribution in [0.3, 0.4) is 0 Å². The van der Waals surface area contributed by atoms with Gasteiger partial charge in [-0.05, 0) is 66.5 Å². The summed E-state index contributed by atoms with van der Waals surface area (Å²) in [6.07, 6.45) is 9.90. The van der Waals surface area contributed by atoms with E-state index < -0.39 is 11.8 Å². The summed E-state index contributed by atoms with van der Waals surface area (Å²) in [6.45, 7) is 5.90. The van der Waals surface area contributed by atoms with Gasteiger partial charge >= 0.3 is 0 Å². The molecule has 168 valence electrons. The molecule has 0 radical (unpaired) electrons. The van der Waals surface area contributed by atoms with Crippen LogP contribution < -0.4 is 19.7 Å². The third-order valence-corrected chi connectivity index (χ3v) is 5.34. The highest BCUT2D eigenvalue weighted by Crippen LogP contribution is 2.34. The van der Waals surface area contributed by atoms with Gasteiger partial charge in [0.25, 0.3) is 11.8 Å². The van der Waals surface area contributed by atoms with E-state index in [4.69, 9.17) is 28.1 Å². The van der Waals surface area contributed by atoms with Gasteiger partial charge in [0.2, 0.25) is 0 Å². The summed E-state index contributed by atoms with van der Waals surface area (Å²) < 4.78 is 11.1. The van der Waals surface area contributed by atoms with Gasteiger partial charge in [0.15, 0.2) is 16.6 Å². The molecule has 7 heteroatoms. The highest BCUT2D eigenvalue weighted by molar-refractivity contribution is 7.80. The Hall–Kier alpha value is -3.89. The van der Waals surface area contributed by atoms with Crippen molar-refractivity contribution in [3.05, 3.63) is 71.3 Å². The van der Waals surface area contributed by atoms with Crippen LogP contribution in [0.1, 0.15) is 23.6 Å². The van der Waals surface area contributed by atoms with Crippen LogP contribution in [0.2, 0.25) is 0 Å². The fourth-order valence-electron chi connectivity index (χ4n) is 3.44. The number of aryl methyl sites for hydroxylation is 1. The van der Waals surface area contributed by atoms with Crippen LogP contribution in [-0.2, 0) is 22.4 Å². The van der Waals surface area contributed by atoms with Gasteiger partial charge in [-0.1, -0.05) is 31.1 Å². The van der Waals surface area contributed by atoms with Gasteiger partial charge in [0.05, 0.1) is 12.8 Å². The molecule has 0 aromatic heterocycles. The molecule has 0 spiro atoms. The number of thiocarbonyl (C=S) groups is 1. The zero-order valence-electron chi connectivity index (χ0n) is 18.5. The van der Waals surface area contributed by atoms with Crippen LogP contribution in [0, 0.1) is 12.3 Å². The standard InChI is InChI=1S/C26H24N2O4S/c1-5-8-19-14-18(16-22(31-4)23(19)32-13-6-2)15-21-24(29)27-26(33)28(25(21)30)20-11-9-17(7-3)10-12-20/h2,5,9-12,14-16H,1,7-8,13H2,3-4H3,(H,27,29,33). The van der Waals surface area contributed by atoms with E-state index in [0.29, 0.717) is 29.2 Å². The Bertz CT molecular complexity index is 1180. The van der Waals surface area contributed by atoms with Crippen molar-refractivity contribution in [2.45, 2.75) is 19.8 Å². The summed E-state index contributed by atoms with van der Waals surface area (Å²) >= 11 is 5.28. The summed E-state index contributed by atoms with van der Waals surface area (Å²) in [7, 11) is 1.51. The molecule has 1 heterocycles. The summed E-state index contributed by atoms with van der Waals surface area (Å²) in [5.41, 5.74) is 3.01. The van der Waals surface area contributed by atoms with E-state index >= 15 is 0 Å². The van der Waals surface area contributed by atoms with Gasteiger partial charge in [-0.2, -0.15) is 0 Å². The van der Waals surface area contributed by atoms with E-state index in [1.165, 1.54) is 18.1 Å². The Balaban J connectivity index is 2.04. The number of carbonyl (C=O) groups is 2. The summed E-state index contributed by atoms with van der Waals surface area (Å²) in [5, 5.41) is 2.64. The highest BCUT2D eigenvalue weighted by atomic mass is 32.1. The third kappa shape index (κ3) is 5.13. The molecule has 1 N–H and O–H groups in total. The van der Waals surface area contributed by atoms with Crippen molar-refractivity contribution in [3.63, 3.8) is 0 Å². The molecule has 1 fully saturated rings. The summed E-state index contributed by atoms with van der Waals surface area (Å²) in [4.78, 5) is 27.3. The highest BCUT2D eigenvalue weighted by Gasteiger charge is 2.34. The minimum Gasteiger partial charge on any atom is -0.493 e. The number of hydrogen-bond acceptors (Lipinski definition) is 5. The minimum atomic E-state index is -0.566. The first-order valence-electron chi connectivity index (χ1n) is 10.3. The van der Waals surface area contributed by atoms with Crippen LogP contribution in [0.25, 0.3) is 6.08 Å². The molecule has 0 unspecified atom stereocenters. The lowest BCUT2D eigenvalue weighted by molar-refractivity contribution is -0.122. The van der Waals surface area contributed by atoms with Gasteiger partial charge in [-0.25, -0.2) is 0 Å². The maximum absolute atomic E-state index is 13.3. The van der Waals surface area contributed by atoms with Gasteiger partial charge < -0.3 is 9.47 Å². The van der Waals surface area contributed by atoms with Crippen molar-refractivity contribution in [1.82, 2.24) is 5.32 Å². The quantitative estimate of drug-likeness (QED) is 0.213. The van der Waals surface area contributed by atoms with Crippen LogP contribution in [0.5, 0.6) is 11.5 Å². The van der Waals surface area contributed by atoms with Crippen LogP contribution in [0.15, 0.2) is 54.6 Å². The van der Waals surface area contributed by atoms with Crippen molar-refractivity contribution in [3.8, 4) is 23.8 Å². The lowest BCUT2D eigenvalue weighted by Gasteiger charge is -2.29. The number of nitrogens with one attached hydrogen (secondary N) is 1. The van der Waals surface area contributed by atoms with Gasteiger partial charge in [0.1, 0.15) is 12.2 Å². The largest absolute Gasteiger partial charge is 0.493 e. The molecule has 0 aliphatic carbocycles. The topological polar surface area (TPSA) is 67.9 Å². The molecular weight excluding hydrogens is 436 g/mol. The number of hydrogen-bond donors (Lipinski definition) is 1. The van der Waals surface area contributed by atoms with Gasteiger partial charge in [-0.3, -0.25) is 19.8 Å². The van der Waals surface area contributed by atoms with E-state index in [9.17, 15) is 9.59 Å². The fraction of sp³-hybridized carbons (Fsp3) is 0.192. The predicted molar refractivity (Wildman–Crippen MR) is 133 cm³/mol. The lowest BCUT2D eigenvalue weighted by atomic mass is 10.0. The number of carbonyl (C=O) groups excluding carboxylic acids is 2. The van der Waals surface area contributed by atoms with Crippen molar-refractivity contribution in [2.24, 2.45) is 0 Å². The normalized spacial score (nSPS) is 14.6. The summed E-state index contributed by atoms with van der Waals surface area (Å²) in [6, 6.07) is 10.9. The predicted octanol–water partition coefficient (Wildman–Crippen LogP) is 3.83. The number of anilines is 1. The molecule has 0 atom stereocenters. The monoisotopic (exact) mass is 460 g/mol. The number of benzene rings is 2. The number of amides is 2. The Morgan fingerprint density at radius 1 is 1.24 bits per heavy atom. The number of rotatable bonds is 8. The summed E-state index contributed by atoms with van der Waals surface area (Å²) in [5.74, 6) is 2.28. The van der Waals surface area contributed by atoms with Crippen LogP contribution >= 0.6 is 12.2 Å². The van der Waals surface area contributed by atoms with E-state index in [-0.39, 0.29) is 17.3 Å². The molecule has 1 aliphatic heterocycles. The number of nitrogens with zero attached hydrogens (tertiary/aromatic N) is 1.